The average molecular weight is 524 g/mol. The van der Waals surface area contributed by atoms with E-state index in [1.807, 2.05) is 32.3 Å². The van der Waals surface area contributed by atoms with Crippen molar-refractivity contribution in [1.82, 2.24) is 4.90 Å². The topological polar surface area (TPSA) is 72.1 Å². The van der Waals surface area contributed by atoms with E-state index < -0.39 is 0 Å². The Morgan fingerprint density at radius 1 is 1.10 bits per heavy atom. The number of guanidine groups is 1. The summed E-state index contributed by atoms with van der Waals surface area (Å²) in [5.41, 5.74) is 11.2. The Bertz CT molecular complexity index is 870. The highest BCUT2D eigenvalue weighted by molar-refractivity contribution is 14.0. The van der Waals surface area contributed by atoms with Crippen molar-refractivity contribution < 1.29 is 9.47 Å². The number of ether oxygens (including phenoxy) is 2. The number of aryl methyl sites for hydroxylation is 1. The van der Waals surface area contributed by atoms with E-state index in [-0.39, 0.29) is 30.0 Å². The Labute approximate surface area is 196 Å². The first-order valence-corrected chi connectivity index (χ1v) is 10.1. The fourth-order valence-electron chi connectivity index (χ4n) is 3.89. The highest BCUT2D eigenvalue weighted by atomic mass is 127. The number of nitrogens with zero attached hydrogens (tertiary/aromatic N) is 2. The molecular weight excluding hydrogens is 491 g/mol. The number of benzene rings is 2. The van der Waals surface area contributed by atoms with Crippen LogP contribution < -0.4 is 20.5 Å². The third kappa shape index (κ3) is 5.78. The van der Waals surface area contributed by atoms with Gasteiger partial charge in [-0.25, -0.2) is 0 Å². The predicted molar refractivity (Wildman–Crippen MR) is 135 cm³/mol. The van der Waals surface area contributed by atoms with Crippen molar-refractivity contribution in [3.63, 3.8) is 0 Å². The number of halogens is 1. The quantitative estimate of drug-likeness (QED) is 0.322. The number of hydrogen-bond donors (Lipinski definition) is 2. The van der Waals surface area contributed by atoms with Gasteiger partial charge in [0.1, 0.15) is 0 Å². The lowest BCUT2D eigenvalue weighted by molar-refractivity contribution is 0.303. The molecule has 0 saturated carbocycles. The molecule has 3 rings (SSSR count). The number of anilines is 1. The molecule has 0 radical (unpaired) electrons. The molecule has 1 aliphatic carbocycles. The second-order valence-electron chi connectivity index (χ2n) is 7.60. The molecule has 0 amide bonds. The molecule has 1 unspecified atom stereocenters. The zero-order valence-corrected chi connectivity index (χ0v) is 20.6. The summed E-state index contributed by atoms with van der Waals surface area (Å²) >= 11 is 0. The van der Waals surface area contributed by atoms with Gasteiger partial charge in [0, 0.05) is 5.69 Å². The summed E-state index contributed by atoms with van der Waals surface area (Å²) in [5.74, 6) is 1.87. The summed E-state index contributed by atoms with van der Waals surface area (Å²) < 4.78 is 10.8. The van der Waals surface area contributed by atoms with E-state index in [1.165, 1.54) is 24.0 Å². The van der Waals surface area contributed by atoms with Gasteiger partial charge in [-0.3, -0.25) is 4.99 Å². The highest BCUT2D eigenvalue weighted by Gasteiger charge is 2.17. The van der Waals surface area contributed by atoms with E-state index in [9.17, 15) is 0 Å². The van der Waals surface area contributed by atoms with E-state index in [2.05, 4.69) is 33.4 Å². The molecule has 2 aromatic carbocycles. The standard InChI is InChI=1S/C23H32N4O2.HI/c1-27(2)20(17-12-13-21(28-3)22(14-17)29-4)15-25-23(24)26-19-11-7-9-16-8-5-6-10-18(16)19;/h7,9,11-14,20H,5-6,8,10,15H2,1-4H3,(H3,24,25,26);1H. The van der Waals surface area contributed by atoms with Crippen LogP contribution in [0.2, 0.25) is 0 Å². The summed E-state index contributed by atoms with van der Waals surface area (Å²) in [7, 11) is 7.36. The number of aliphatic imine (C=N–C) groups is 1. The van der Waals surface area contributed by atoms with Crippen molar-refractivity contribution in [1.29, 1.82) is 0 Å². The van der Waals surface area contributed by atoms with E-state index in [1.54, 1.807) is 14.2 Å². The molecular formula is C23H33IN4O2. The van der Waals surface area contributed by atoms with Gasteiger partial charge in [-0.05, 0) is 74.7 Å². The van der Waals surface area contributed by atoms with E-state index in [4.69, 9.17) is 15.2 Å². The third-order valence-corrected chi connectivity index (χ3v) is 5.51. The van der Waals surface area contributed by atoms with Crippen molar-refractivity contribution >= 4 is 35.6 Å². The van der Waals surface area contributed by atoms with E-state index in [0.717, 1.165) is 24.1 Å². The molecule has 1 aliphatic rings. The molecule has 0 saturated heterocycles. The minimum absolute atomic E-state index is 0. The largest absolute Gasteiger partial charge is 0.493 e. The molecule has 7 heteroatoms. The second kappa shape index (κ2) is 11.4. The smallest absolute Gasteiger partial charge is 0.193 e. The van der Waals surface area contributed by atoms with Crippen LogP contribution in [0.15, 0.2) is 41.4 Å². The Hall–Kier alpha value is -2.00. The fraction of sp³-hybridized carbons (Fsp3) is 0.435. The van der Waals surface area contributed by atoms with Gasteiger partial charge in [-0.2, -0.15) is 0 Å². The van der Waals surface area contributed by atoms with Gasteiger partial charge in [0.25, 0.3) is 0 Å². The van der Waals surface area contributed by atoms with E-state index in [0.29, 0.717) is 24.0 Å². The maximum absolute atomic E-state index is 6.24. The summed E-state index contributed by atoms with van der Waals surface area (Å²) in [6.45, 7) is 0.538. The maximum atomic E-state index is 6.24. The zero-order chi connectivity index (χ0) is 20.8. The minimum atomic E-state index is 0. The number of rotatable bonds is 7. The minimum Gasteiger partial charge on any atom is -0.493 e. The highest BCUT2D eigenvalue weighted by Crippen LogP contribution is 2.31. The molecule has 0 bridgehead atoms. The number of fused-ring (bicyclic) bond motifs is 1. The average Bonchev–Trinajstić information content (AvgIpc) is 2.73. The van der Waals surface area contributed by atoms with Crippen LogP contribution >= 0.6 is 24.0 Å². The Balaban J connectivity index is 0.00000320. The summed E-state index contributed by atoms with van der Waals surface area (Å²) in [6.07, 6.45) is 4.72. The van der Waals surface area contributed by atoms with Gasteiger partial charge >= 0.3 is 0 Å². The Kier molecular flexibility index (Phi) is 9.23. The van der Waals surface area contributed by atoms with Gasteiger partial charge in [-0.1, -0.05) is 18.2 Å². The molecule has 0 aliphatic heterocycles. The van der Waals surface area contributed by atoms with Crippen molar-refractivity contribution in [3.05, 3.63) is 53.1 Å². The number of hydrogen-bond acceptors (Lipinski definition) is 4. The van der Waals surface area contributed by atoms with Gasteiger partial charge in [0.05, 0.1) is 26.8 Å². The maximum Gasteiger partial charge on any atom is 0.193 e. The summed E-state index contributed by atoms with van der Waals surface area (Å²) in [5, 5.41) is 3.32. The normalized spacial score (nSPS) is 14.5. The molecule has 0 fully saturated rings. The molecule has 6 nitrogen and oxygen atoms in total. The molecule has 0 aromatic heterocycles. The SMILES string of the molecule is COc1ccc(C(CN=C(N)Nc2cccc3c2CCCC3)N(C)C)cc1OC.I. The van der Waals surface area contributed by atoms with Gasteiger partial charge in [0.15, 0.2) is 17.5 Å². The van der Waals surface area contributed by atoms with Crippen LogP contribution in [0.5, 0.6) is 11.5 Å². The number of nitrogens with one attached hydrogen (secondary N) is 1. The Morgan fingerprint density at radius 2 is 1.83 bits per heavy atom. The first-order chi connectivity index (χ1) is 14.0. The lowest BCUT2D eigenvalue weighted by Crippen LogP contribution is -2.28. The van der Waals surface area contributed by atoms with Crippen LogP contribution in [0.25, 0.3) is 0 Å². The monoisotopic (exact) mass is 524 g/mol. The Morgan fingerprint density at radius 3 is 2.53 bits per heavy atom. The number of likely N-dealkylation sites (N-methyl/N-ethyl adjacent to an activating group) is 1. The summed E-state index contributed by atoms with van der Waals surface area (Å²) in [4.78, 5) is 6.76. The van der Waals surface area contributed by atoms with Gasteiger partial charge in [-0.15, -0.1) is 24.0 Å². The van der Waals surface area contributed by atoms with Crippen molar-refractivity contribution in [2.24, 2.45) is 10.7 Å². The van der Waals surface area contributed by atoms with Crippen LogP contribution in [-0.4, -0.2) is 45.7 Å². The molecule has 2 aromatic rings. The predicted octanol–water partition coefficient (Wildman–Crippen LogP) is 4.23. The second-order valence-corrected chi connectivity index (χ2v) is 7.60. The lowest BCUT2D eigenvalue weighted by atomic mass is 9.90. The molecule has 164 valence electrons. The zero-order valence-electron chi connectivity index (χ0n) is 18.3. The third-order valence-electron chi connectivity index (χ3n) is 5.51. The number of nitrogens with two attached hydrogens (primary N) is 1. The molecule has 0 heterocycles. The van der Waals surface area contributed by atoms with Crippen molar-refractivity contribution in [2.75, 3.05) is 40.2 Å². The first kappa shape index (κ1) is 24.3. The molecule has 3 N–H and O–H groups in total. The molecule has 1 atom stereocenters. The van der Waals surface area contributed by atoms with Crippen LogP contribution in [0.3, 0.4) is 0 Å². The lowest BCUT2D eigenvalue weighted by Gasteiger charge is -2.24. The van der Waals surface area contributed by atoms with Crippen molar-refractivity contribution in [2.45, 2.75) is 31.7 Å². The van der Waals surface area contributed by atoms with Gasteiger partial charge < -0.3 is 25.4 Å². The van der Waals surface area contributed by atoms with Crippen LogP contribution in [-0.2, 0) is 12.8 Å². The van der Waals surface area contributed by atoms with Gasteiger partial charge in [0.2, 0.25) is 0 Å². The van der Waals surface area contributed by atoms with E-state index >= 15 is 0 Å². The number of methoxy groups -OCH3 is 2. The molecule has 30 heavy (non-hydrogen) atoms. The van der Waals surface area contributed by atoms with Crippen molar-refractivity contribution in [3.8, 4) is 11.5 Å². The molecule has 0 spiro atoms. The van der Waals surface area contributed by atoms with Crippen LogP contribution in [0.1, 0.15) is 35.6 Å². The van der Waals surface area contributed by atoms with Crippen LogP contribution in [0.4, 0.5) is 5.69 Å². The van der Waals surface area contributed by atoms with Crippen LogP contribution in [0, 0.1) is 0 Å². The first-order valence-electron chi connectivity index (χ1n) is 10.1. The fourth-order valence-corrected chi connectivity index (χ4v) is 3.89. The summed E-state index contributed by atoms with van der Waals surface area (Å²) in [6, 6.07) is 12.4.